The predicted molar refractivity (Wildman–Crippen MR) is 373 cm³/mol. The highest BCUT2D eigenvalue weighted by molar-refractivity contribution is 8.00. The Morgan fingerprint density at radius 2 is 0.988 bits per heavy atom. The summed E-state index contributed by atoms with van der Waals surface area (Å²) in [5.74, 6) is 0. The molecule has 0 radical (unpaired) electrons. The van der Waals surface area contributed by atoms with Crippen LogP contribution >= 0.6 is 23.1 Å². The van der Waals surface area contributed by atoms with Crippen LogP contribution in [0.4, 0.5) is 34.1 Å². The molecule has 0 bridgehead atoms. The Morgan fingerprint density at radius 1 is 0.395 bits per heavy atom. The lowest BCUT2D eigenvalue weighted by Gasteiger charge is -2.41. The minimum Gasteiger partial charge on any atom is -0.310 e. The van der Waals surface area contributed by atoms with E-state index in [1.54, 1.807) is 0 Å². The molecule has 0 spiro atoms. The van der Waals surface area contributed by atoms with Crippen molar-refractivity contribution in [1.82, 2.24) is 4.40 Å². The van der Waals surface area contributed by atoms with E-state index in [0.717, 1.165) is 17.1 Å². The Kier molecular flexibility index (Phi) is 11.9. The molecule has 416 valence electrons. The Bertz CT molecular complexity index is 4950. The van der Waals surface area contributed by atoms with Gasteiger partial charge in [0, 0.05) is 74.4 Å². The van der Waals surface area contributed by atoms with Crippen molar-refractivity contribution in [2.45, 2.75) is 88.3 Å². The zero-order valence-corrected chi connectivity index (χ0v) is 51.9. The van der Waals surface area contributed by atoms with Gasteiger partial charge in [-0.3, -0.25) is 0 Å². The SMILES string of the molecule is CC(C)(C)c1ccc(N(c2ccc3c(c2)Sc2cc(C(C)(C)C)cc4c2B3c2sc3ccc(C(C)(C)C)cc3c2N4c2ccc(-c3cc4c5ccccc5n5c6ccccc6c(c3)c45)cc2-c2ccccc2)c2ccccc2-c2ccccc2)cc1. The molecule has 0 unspecified atom stereocenters. The van der Waals surface area contributed by atoms with Gasteiger partial charge in [0.1, 0.15) is 0 Å². The maximum atomic E-state index is 2.70. The van der Waals surface area contributed by atoms with Crippen molar-refractivity contribution < 1.29 is 0 Å². The van der Waals surface area contributed by atoms with Crippen LogP contribution in [-0.4, -0.2) is 11.1 Å². The molecular formula is C80H66BN3S2. The van der Waals surface area contributed by atoms with Gasteiger partial charge in [0.25, 0.3) is 6.71 Å². The standard InChI is InChI=1S/C80H66BN3S2/c1-78(2,3)53-33-36-56(37-34-53)82(66-29-19-16-26-58(66)49-22-12-10-13-23-49)57-38-39-65-72(48-57)85-73-47-55(80(7,8)9)46-70-74(73)81(65)77-76(64-45-54(79(4,5)6)35-41-71(64)86-77)84(70)69-40-32-51(42-61(69)50-24-14-11-15-25-50)52-43-62-59-27-17-20-30-67(59)83-68-31-21-18-28-60(68)63(44-52)75(62)83/h10-48H,1-9H3. The van der Waals surface area contributed by atoms with Crippen molar-refractivity contribution in [2.24, 2.45) is 0 Å². The van der Waals surface area contributed by atoms with Crippen LogP contribution in [-0.2, 0) is 16.2 Å². The summed E-state index contributed by atoms with van der Waals surface area (Å²) in [5, 5.41) is 6.44. The average molecular weight is 1140 g/mol. The first-order valence-corrected chi connectivity index (χ1v) is 32.0. The molecule has 0 aliphatic carbocycles. The maximum Gasteiger partial charge on any atom is 0.262 e. The van der Waals surface area contributed by atoms with Gasteiger partial charge in [-0.05, 0) is 152 Å². The number of para-hydroxylation sites is 3. The van der Waals surface area contributed by atoms with E-state index in [2.05, 4.69) is 313 Å². The molecule has 14 aromatic rings. The molecule has 2 aliphatic heterocycles. The minimum atomic E-state index is -0.142. The van der Waals surface area contributed by atoms with Gasteiger partial charge in [-0.2, -0.15) is 0 Å². The molecular weight excluding hydrogens is 1080 g/mol. The molecule has 0 saturated carbocycles. The van der Waals surface area contributed by atoms with E-state index in [1.807, 2.05) is 23.1 Å². The van der Waals surface area contributed by atoms with Crippen LogP contribution in [0.2, 0.25) is 0 Å². The van der Waals surface area contributed by atoms with E-state index in [-0.39, 0.29) is 23.0 Å². The second-order valence-corrected chi connectivity index (χ2v) is 29.1. The zero-order chi connectivity index (χ0) is 58.5. The third-order valence-electron chi connectivity index (χ3n) is 18.4. The summed E-state index contributed by atoms with van der Waals surface area (Å²) in [6, 6.07) is 90.0. The summed E-state index contributed by atoms with van der Waals surface area (Å²) >= 11 is 3.93. The molecule has 5 heterocycles. The lowest BCUT2D eigenvalue weighted by Crippen LogP contribution is -2.59. The third-order valence-corrected chi connectivity index (χ3v) is 20.8. The number of rotatable bonds is 7. The molecule has 0 amide bonds. The van der Waals surface area contributed by atoms with Gasteiger partial charge >= 0.3 is 0 Å². The number of hydrogen-bond donors (Lipinski definition) is 0. The van der Waals surface area contributed by atoms with E-state index < -0.39 is 0 Å². The van der Waals surface area contributed by atoms with E-state index in [4.69, 9.17) is 0 Å². The Morgan fingerprint density at radius 3 is 1.65 bits per heavy atom. The number of hydrogen-bond acceptors (Lipinski definition) is 4. The summed E-state index contributed by atoms with van der Waals surface area (Å²) in [6.07, 6.45) is 0. The molecule has 2 aliphatic rings. The zero-order valence-electron chi connectivity index (χ0n) is 50.3. The van der Waals surface area contributed by atoms with Crippen molar-refractivity contribution in [3.8, 4) is 33.4 Å². The van der Waals surface area contributed by atoms with Gasteiger partial charge in [0.05, 0.1) is 33.6 Å². The number of thiophene rings is 1. The van der Waals surface area contributed by atoms with Crippen LogP contribution < -0.4 is 25.5 Å². The quantitative estimate of drug-likeness (QED) is 0.147. The van der Waals surface area contributed by atoms with Crippen LogP contribution in [0.1, 0.15) is 79.0 Å². The van der Waals surface area contributed by atoms with Gasteiger partial charge in [-0.25, -0.2) is 0 Å². The fraction of sp³-hybridized carbons (Fsp3) is 0.150. The molecule has 3 aromatic heterocycles. The first kappa shape index (κ1) is 52.7. The molecule has 11 aromatic carbocycles. The number of benzene rings is 11. The van der Waals surface area contributed by atoms with Gasteiger partial charge in [-0.1, -0.05) is 225 Å². The molecule has 0 atom stereocenters. The molecule has 0 fully saturated rings. The van der Waals surface area contributed by atoms with Gasteiger partial charge in [-0.15, -0.1) is 11.3 Å². The fourth-order valence-corrected chi connectivity index (χ4v) is 16.5. The van der Waals surface area contributed by atoms with Crippen LogP contribution in [0, 0.1) is 0 Å². The summed E-state index contributed by atoms with van der Waals surface area (Å²) in [6.45, 7) is 21.1. The maximum absolute atomic E-state index is 2.70. The van der Waals surface area contributed by atoms with Crippen molar-refractivity contribution in [3.63, 3.8) is 0 Å². The van der Waals surface area contributed by atoms with Crippen LogP contribution in [0.5, 0.6) is 0 Å². The summed E-state index contributed by atoms with van der Waals surface area (Å²) in [5.41, 5.74) is 24.7. The van der Waals surface area contributed by atoms with Crippen LogP contribution in [0.25, 0.3) is 81.6 Å². The summed E-state index contributed by atoms with van der Waals surface area (Å²) in [7, 11) is 0. The Labute approximate surface area is 513 Å². The minimum absolute atomic E-state index is 0.00117. The lowest BCUT2D eigenvalue weighted by atomic mass is 9.37. The van der Waals surface area contributed by atoms with Gasteiger partial charge in [0.2, 0.25) is 0 Å². The topological polar surface area (TPSA) is 10.9 Å². The first-order chi connectivity index (χ1) is 41.5. The van der Waals surface area contributed by atoms with E-state index in [1.165, 1.54) is 141 Å². The van der Waals surface area contributed by atoms with E-state index >= 15 is 0 Å². The van der Waals surface area contributed by atoms with Gasteiger partial charge < -0.3 is 14.2 Å². The molecule has 86 heavy (non-hydrogen) atoms. The van der Waals surface area contributed by atoms with Crippen LogP contribution in [0.3, 0.4) is 0 Å². The van der Waals surface area contributed by atoms with Crippen LogP contribution in [0.15, 0.2) is 246 Å². The summed E-state index contributed by atoms with van der Waals surface area (Å²) in [4.78, 5) is 7.80. The van der Waals surface area contributed by atoms with Crippen molar-refractivity contribution in [1.29, 1.82) is 0 Å². The number of anilines is 6. The lowest BCUT2D eigenvalue weighted by molar-refractivity contribution is 0.589. The van der Waals surface area contributed by atoms with E-state index in [0.29, 0.717) is 0 Å². The first-order valence-electron chi connectivity index (χ1n) is 30.3. The largest absolute Gasteiger partial charge is 0.310 e. The van der Waals surface area contributed by atoms with E-state index in [9.17, 15) is 0 Å². The molecule has 0 saturated heterocycles. The number of nitrogens with zero attached hydrogens (tertiary/aromatic N) is 3. The molecule has 3 nitrogen and oxygen atoms in total. The number of aromatic nitrogens is 1. The Balaban J connectivity index is 0.929. The smallest absolute Gasteiger partial charge is 0.262 e. The Hall–Kier alpha value is -8.81. The highest BCUT2D eigenvalue weighted by atomic mass is 32.2. The normalized spacial score (nSPS) is 13.3. The number of fused-ring (bicyclic) bond motifs is 12. The highest BCUT2D eigenvalue weighted by Crippen LogP contribution is 2.53. The average Bonchev–Trinajstić information content (AvgIpc) is 1.39. The second-order valence-electron chi connectivity index (χ2n) is 26.9. The fourth-order valence-electron chi connectivity index (χ4n) is 14.0. The highest BCUT2D eigenvalue weighted by Gasteiger charge is 2.45. The van der Waals surface area contributed by atoms with Gasteiger partial charge in [0.15, 0.2) is 0 Å². The van der Waals surface area contributed by atoms with Crippen molar-refractivity contribution >= 4 is 128 Å². The molecule has 6 heteroatoms. The predicted octanol–water partition coefficient (Wildman–Crippen LogP) is 21.2. The molecule has 0 N–H and O–H groups in total. The van der Waals surface area contributed by atoms with Crippen molar-refractivity contribution in [2.75, 3.05) is 9.80 Å². The molecule has 16 rings (SSSR count). The monoisotopic (exact) mass is 1140 g/mol. The summed E-state index contributed by atoms with van der Waals surface area (Å²) < 4.78 is 5.17. The van der Waals surface area contributed by atoms with Crippen molar-refractivity contribution in [3.05, 3.63) is 253 Å². The third kappa shape index (κ3) is 8.31. The second kappa shape index (κ2) is 19.4.